The van der Waals surface area contributed by atoms with Gasteiger partial charge < -0.3 is 14.4 Å². The highest BCUT2D eigenvalue weighted by molar-refractivity contribution is 5.94. The zero-order valence-electron chi connectivity index (χ0n) is 22.2. The monoisotopic (exact) mass is 541 g/mol. The van der Waals surface area contributed by atoms with Gasteiger partial charge >= 0.3 is 12.1 Å². The van der Waals surface area contributed by atoms with Crippen LogP contribution in [0.15, 0.2) is 54.7 Å². The normalized spacial score (nSPS) is 13.6. The van der Waals surface area contributed by atoms with Crippen LogP contribution in [0.4, 0.5) is 18.9 Å². The van der Waals surface area contributed by atoms with Crippen molar-refractivity contribution in [3.05, 3.63) is 71.5 Å². The molecule has 0 spiro atoms. The number of halogens is 3. The number of hydrogen-bond donors (Lipinski definition) is 0. The Morgan fingerprint density at radius 3 is 2.38 bits per heavy atom. The van der Waals surface area contributed by atoms with Gasteiger partial charge in [0.1, 0.15) is 5.75 Å². The molecule has 1 aliphatic rings. The Hall–Kier alpha value is -3.95. The van der Waals surface area contributed by atoms with Crippen molar-refractivity contribution in [2.45, 2.75) is 57.7 Å². The van der Waals surface area contributed by atoms with E-state index in [0.717, 1.165) is 30.7 Å². The molecule has 0 atom stereocenters. The minimum Gasteiger partial charge on any atom is -0.476 e. The summed E-state index contributed by atoms with van der Waals surface area (Å²) in [4.78, 5) is 35.9. The highest BCUT2D eigenvalue weighted by atomic mass is 19.4. The summed E-state index contributed by atoms with van der Waals surface area (Å²) in [7, 11) is 1.65. The van der Waals surface area contributed by atoms with E-state index in [1.54, 1.807) is 58.3 Å². The first kappa shape index (κ1) is 28.1. The Morgan fingerprint density at radius 2 is 1.77 bits per heavy atom. The van der Waals surface area contributed by atoms with Crippen LogP contribution in [-0.2, 0) is 26.9 Å². The van der Waals surface area contributed by atoms with Crippen LogP contribution in [-0.4, -0.2) is 41.1 Å². The molecule has 10 heteroatoms. The van der Waals surface area contributed by atoms with Gasteiger partial charge in [-0.05, 0) is 57.9 Å². The molecule has 0 saturated heterocycles. The maximum atomic E-state index is 13.2. The molecule has 3 aromatic rings. The lowest BCUT2D eigenvalue weighted by molar-refractivity contribution is -0.158. The zero-order chi connectivity index (χ0) is 28.4. The minimum absolute atomic E-state index is 0.0506. The number of aromatic nitrogens is 2. The fourth-order valence-corrected chi connectivity index (χ4v) is 4.04. The summed E-state index contributed by atoms with van der Waals surface area (Å²) in [6, 6.07) is 11.6. The van der Waals surface area contributed by atoms with Gasteiger partial charge in [-0.2, -0.15) is 13.2 Å². The van der Waals surface area contributed by atoms with Crippen molar-refractivity contribution in [1.82, 2.24) is 9.97 Å². The molecule has 4 rings (SSSR count). The fourth-order valence-electron chi connectivity index (χ4n) is 4.04. The number of alkyl halides is 3. The molecule has 0 aliphatic heterocycles. The summed E-state index contributed by atoms with van der Waals surface area (Å²) in [6.07, 6.45) is -0.931. The quantitative estimate of drug-likeness (QED) is 0.311. The number of ether oxygens (including phenoxy) is 2. The summed E-state index contributed by atoms with van der Waals surface area (Å²) in [5, 5.41) is 0. The van der Waals surface area contributed by atoms with Gasteiger partial charge in [-0.3, -0.25) is 4.79 Å². The molecule has 0 bridgehead atoms. The van der Waals surface area contributed by atoms with E-state index < -0.39 is 23.3 Å². The fraction of sp³-hybridized carbons (Fsp3) is 0.379. The van der Waals surface area contributed by atoms with Crippen LogP contribution in [0.2, 0.25) is 0 Å². The lowest BCUT2D eigenvalue weighted by Crippen LogP contribution is -2.39. The molecule has 39 heavy (non-hydrogen) atoms. The number of rotatable bonds is 9. The second-order valence-electron chi connectivity index (χ2n) is 9.91. The van der Waals surface area contributed by atoms with Gasteiger partial charge in [0, 0.05) is 42.0 Å². The summed E-state index contributed by atoms with van der Waals surface area (Å²) in [6.45, 7) is 5.18. The van der Waals surface area contributed by atoms with Crippen LogP contribution in [0.25, 0.3) is 11.4 Å². The van der Waals surface area contributed by atoms with E-state index in [2.05, 4.69) is 9.97 Å². The SMILES string of the molecule is CCOC(=O)C(C)(C)Oc1cccc(N(C)C(=O)Cc2cnc(-c3ccc(C(F)(F)F)cc3)nc2C2CC2)c1. The Labute approximate surface area is 225 Å². The van der Waals surface area contributed by atoms with Gasteiger partial charge in [0.2, 0.25) is 5.91 Å². The van der Waals surface area contributed by atoms with Crippen LogP contribution >= 0.6 is 0 Å². The Morgan fingerprint density at radius 1 is 1.08 bits per heavy atom. The van der Waals surface area contributed by atoms with Crippen molar-refractivity contribution >= 4 is 17.6 Å². The lowest BCUT2D eigenvalue weighted by atomic mass is 10.1. The van der Waals surface area contributed by atoms with Crippen LogP contribution in [0.1, 0.15) is 56.4 Å². The van der Waals surface area contributed by atoms with Crippen LogP contribution in [0, 0.1) is 0 Å². The van der Waals surface area contributed by atoms with Crippen molar-refractivity contribution in [3.8, 4) is 17.1 Å². The van der Waals surface area contributed by atoms with Crippen molar-refractivity contribution < 1.29 is 32.2 Å². The topological polar surface area (TPSA) is 81.6 Å². The molecule has 2 aromatic carbocycles. The number of likely N-dealkylation sites (N-methyl/N-ethyl adjacent to an activating group) is 1. The zero-order valence-corrected chi connectivity index (χ0v) is 22.2. The highest BCUT2D eigenvalue weighted by Gasteiger charge is 2.33. The number of carbonyl (C=O) groups is 2. The van der Waals surface area contributed by atoms with Crippen LogP contribution in [0.3, 0.4) is 0 Å². The number of benzene rings is 2. The van der Waals surface area contributed by atoms with E-state index in [-0.39, 0.29) is 24.9 Å². The van der Waals surface area contributed by atoms with Crippen molar-refractivity contribution in [2.24, 2.45) is 0 Å². The number of amides is 1. The molecule has 1 amide bonds. The third-order valence-corrected chi connectivity index (χ3v) is 6.39. The number of carbonyl (C=O) groups excluding carboxylic acids is 2. The molecule has 1 aliphatic carbocycles. The van der Waals surface area contributed by atoms with E-state index in [1.807, 2.05) is 0 Å². The van der Waals surface area contributed by atoms with E-state index >= 15 is 0 Å². The van der Waals surface area contributed by atoms with E-state index in [0.29, 0.717) is 28.4 Å². The van der Waals surface area contributed by atoms with Crippen LogP contribution in [0.5, 0.6) is 5.75 Å². The summed E-state index contributed by atoms with van der Waals surface area (Å²) in [5.74, 6) is 0.227. The molecule has 1 saturated carbocycles. The second kappa shape index (κ2) is 11.0. The number of nitrogens with zero attached hydrogens (tertiary/aromatic N) is 3. The largest absolute Gasteiger partial charge is 0.476 e. The molecule has 0 radical (unpaired) electrons. The van der Waals surface area contributed by atoms with Crippen molar-refractivity contribution in [1.29, 1.82) is 0 Å². The molecule has 0 unspecified atom stereocenters. The van der Waals surface area contributed by atoms with E-state index in [9.17, 15) is 22.8 Å². The predicted octanol–water partition coefficient (Wildman–Crippen LogP) is 5.97. The minimum atomic E-state index is -4.42. The second-order valence-corrected chi connectivity index (χ2v) is 9.91. The molecular formula is C29H30F3N3O4. The molecule has 7 nitrogen and oxygen atoms in total. The number of anilines is 1. The maximum Gasteiger partial charge on any atom is 0.416 e. The molecule has 1 aromatic heterocycles. The lowest BCUT2D eigenvalue weighted by Gasteiger charge is -2.25. The van der Waals surface area contributed by atoms with Crippen molar-refractivity contribution in [3.63, 3.8) is 0 Å². The molecule has 1 heterocycles. The third kappa shape index (κ3) is 6.74. The standard InChI is InChI=1S/C29H30F3N3O4/c1-5-38-27(37)28(2,3)39-23-8-6-7-22(16-23)35(4)24(36)15-20-17-33-26(34-25(20)18-9-10-18)19-11-13-21(14-12-19)29(30,31)32/h6-8,11-14,16-18H,5,9-10,15H2,1-4H3. The van der Waals surface area contributed by atoms with Gasteiger partial charge in [0.25, 0.3) is 0 Å². The van der Waals surface area contributed by atoms with Gasteiger partial charge in [0.05, 0.1) is 24.3 Å². The van der Waals surface area contributed by atoms with Gasteiger partial charge in [-0.25, -0.2) is 14.8 Å². The van der Waals surface area contributed by atoms with Gasteiger partial charge in [0.15, 0.2) is 11.4 Å². The molecule has 1 fully saturated rings. The third-order valence-electron chi connectivity index (χ3n) is 6.39. The first-order chi connectivity index (χ1) is 18.4. The average Bonchev–Trinajstić information content (AvgIpc) is 3.73. The summed E-state index contributed by atoms with van der Waals surface area (Å²) >= 11 is 0. The first-order valence-corrected chi connectivity index (χ1v) is 12.7. The molecule has 0 N–H and O–H groups in total. The predicted molar refractivity (Wildman–Crippen MR) is 139 cm³/mol. The van der Waals surface area contributed by atoms with E-state index in [4.69, 9.17) is 9.47 Å². The van der Waals surface area contributed by atoms with Gasteiger partial charge in [-0.15, -0.1) is 0 Å². The Bertz CT molecular complexity index is 1350. The van der Waals surface area contributed by atoms with E-state index in [1.165, 1.54) is 17.0 Å². The smallest absolute Gasteiger partial charge is 0.416 e. The van der Waals surface area contributed by atoms with Crippen molar-refractivity contribution in [2.75, 3.05) is 18.6 Å². The van der Waals surface area contributed by atoms with Crippen LogP contribution < -0.4 is 9.64 Å². The van der Waals surface area contributed by atoms with Gasteiger partial charge in [-0.1, -0.05) is 18.2 Å². The number of hydrogen-bond acceptors (Lipinski definition) is 6. The highest BCUT2D eigenvalue weighted by Crippen LogP contribution is 2.41. The molecular weight excluding hydrogens is 511 g/mol. The maximum absolute atomic E-state index is 13.2. The Kier molecular flexibility index (Phi) is 7.94. The summed E-state index contributed by atoms with van der Waals surface area (Å²) in [5.41, 5.74) is 0.534. The number of esters is 1. The average molecular weight is 542 g/mol. The molecule has 206 valence electrons. The first-order valence-electron chi connectivity index (χ1n) is 12.7. The Balaban J connectivity index is 1.50. The summed E-state index contributed by atoms with van der Waals surface area (Å²) < 4.78 is 49.7.